The molecule has 1 heterocycles. The topological polar surface area (TPSA) is 67.9 Å². The largest absolute Gasteiger partial charge is 0.493 e. The van der Waals surface area contributed by atoms with E-state index in [1.54, 1.807) is 29.2 Å². The highest BCUT2D eigenvalue weighted by molar-refractivity contribution is 6.15. The second-order valence-corrected chi connectivity index (χ2v) is 8.61. The highest BCUT2D eigenvalue weighted by Gasteiger charge is 2.37. The summed E-state index contributed by atoms with van der Waals surface area (Å²) in [6, 6.07) is 16.8. The lowest BCUT2D eigenvalue weighted by atomic mass is 9.93. The van der Waals surface area contributed by atoms with E-state index in [2.05, 4.69) is 11.9 Å². The molecule has 0 saturated heterocycles. The van der Waals surface area contributed by atoms with Crippen molar-refractivity contribution in [3.63, 3.8) is 0 Å². The molecule has 6 nitrogen and oxygen atoms in total. The first-order chi connectivity index (χ1) is 15.9. The number of amides is 2. The van der Waals surface area contributed by atoms with Crippen LogP contribution >= 0.6 is 0 Å². The molecule has 4 rings (SSSR count). The quantitative estimate of drug-likeness (QED) is 0.515. The van der Waals surface area contributed by atoms with Crippen LogP contribution in [0.4, 0.5) is 11.4 Å². The normalized spacial score (nSPS) is 14.8. The van der Waals surface area contributed by atoms with Gasteiger partial charge in [0.15, 0.2) is 0 Å². The van der Waals surface area contributed by atoms with Crippen LogP contribution < -0.4 is 19.7 Å². The monoisotopic (exact) mass is 444 g/mol. The smallest absolute Gasteiger partial charge is 0.260 e. The predicted molar refractivity (Wildman–Crippen MR) is 131 cm³/mol. The molecule has 0 atom stereocenters. The molecular formula is C27H28N2O4. The summed E-state index contributed by atoms with van der Waals surface area (Å²) in [5, 5.41) is 4.74. The fourth-order valence-electron chi connectivity index (χ4n) is 3.99. The van der Waals surface area contributed by atoms with Crippen molar-refractivity contribution in [1.29, 1.82) is 0 Å². The molecule has 0 radical (unpaired) electrons. The fraction of sp³-hybridized carbons (Fsp3) is 0.259. The van der Waals surface area contributed by atoms with E-state index in [1.807, 2.05) is 57.2 Å². The van der Waals surface area contributed by atoms with Crippen LogP contribution in [-0.4, -0.2) is 31.6 Å². The van der Waals surface area contributed by atoms with Crippen molar-refractivity contribution in [3.05, 3.63) is 72.8 Å². The highest BCUT2D eigenvalue weighted by Crippen LogP contribution is 2.38. The van der Waals surface area contributed by atoms with Gasteiger partial charge in [0, 0.05) is 12.2 Å². The van der Waals surface area contributed by atoms with Crippen LogP contribution in [0.3, 0.4) is 0 Å². The van der Waals surface area contributed by atoms with Crippen molar-refractivity contribution in [2.45, 2.75) is 20.8 Å². The number of ether oxygens (including phenoxy) is 2. The van der Waals surface area contributed by atoms with Gasteiger partial charge in [-0.1, -0.05) is 36.4 Å². The summed E-state index contributed by atoms with van der Waals surface area (Å²) >= 11 is 0. The first kappa shape index (κ1) is 22.4. The summed E-state index contributed by atoms with van der Waals surface area (Å²) in [5.41, 5.74) is 0.952. The first-order valence-electron chi connectivity index (χ1n) is 11.0. The molecule has 3 aromatic carbocycles. The lowest BCUT2D eigenvalue weighted by Crippen LogP contribution is -2.42. The van der Waals surface area contributed by atoms with Crippen LogP contribution in [-0.2, 0) is 4.79 Å². The van der Waals surface area contributed by atoms with Gasteiger partial charge >= 0.3 is 0 Å². The maximum absolute atomic E-state index is 13.4. The minimum atomic E-state index is -0.680. The van der Waals surface area contributed by atoms with Crippen molar-refractivity contribution < 1.29 is 19.1 Å². The molecule has 0 bridgehead atoms. The van der Waals surface area contributed by atoms with E-state index in [0.29, 0.717) is 41.6 Å². The van der Waals surface area contributed by atoms with Gasteiger partial charge in [-0.05, 0) is 55.8 Å². The van der Waals surface area contributed by atoms with Crippen molar-refractivity contribution in [3.8, 4) is 11.5 Å². The molecule has 0 unspecified atom stereocenters. The molecule has 0 spiro atoms. The van der Waals surface area contributed by atoms with Crippen LogP contribution in [0.25, 0.3) is 10.8 Å². The van der Waals surface area contributed by atoms with Crippen molar-refractivity contribution >= 4 is 34.0 Å². The summed E-state index contributed by atoms with van der Waals surface area (Å²) in [7, 11) is 0. The Hall–Kier alpha value is -3.80. The maximum atomic E-state index is 13.4. The van der Waals surface area contributed by atoms with E-state index in [4.69, 9.17) is 9.47 Å². The zero-order valence-electron chi connectivity index (χ0n) is 19.2. The first-order valence-corrected chi connectivity index (χ1v) is 11.0. The number of anilines is 2. The molecule has 2 amide bonds. The fourth-order valence-corrected chi connectivity index (χ4v) is 3.99. The van der Waals surface area contributed by atoms with Crippen LogP contribution in [0.2, 0.25) is 0 Å². The standard InChI is InChI=1S/C27H28N2O4/c1-5-15-29-21-16-19(12-14-22(21)33-17-27(3,4)26(29)31)28-25(30)24-20-10-8-7-9-18(20)11-13-23(24)32-6-2/h5,7-14,16H,1,6,15,17H2,2-4H3,(H,28,30). The Kier molecular flexibility index (Phi) is 6.09. The molecule has 0 saturated carbocycles. The summed E-state index contributed by atoms with van der Waals surface area (Å²) < 4.78 is 11.7. The van der Waals surface area contributed by atoms with Gasteiger partial charge in [0.1, 0.15) is 18.1 Å². The van der Waals surface area contributed by atoms with E-state index >= 15 is 0 Å². The van der Waals surface area contributed by atoms with Crippen LogP contribution in [0, 0.1) is 5.41 Å². The number of benzene rings is 3. The lowest BCUT2D eigenvalue weighted by molar-refractivity contribution is -0.127. The summed E-state index contributed by atoms with van der Waals surface area (Å²) in [4.78, 5) is 28.2. The number of hydrogen-bond acceptors (Lipinski definition) is 4. The SMILES string of the molecule is C=CCN1C(=O)C(C)(C)COc2ccc(NC(=O)c3c(OCC)ccc4ccccc34)cc21. The Morgan fingerprint density at radius 1 is 1.21 bits per heavy atom. The highest BCUT2D eigenvalue weighted by atomic mass is 16.5. The molecule has 1 aliphatic rings. The van der Waals surface area contributed by atoms with Gasteiger partial charge in [-0.15, -0.1) is 6.58 Å². The minimum Gasteiger partial charge on any atom is -0.493 e. The zero-order chi connectivity index (χ0) is 23.6. The third kappa shape index (κ3) is 4.29. The van der Waals surface area contributed by atoms with E-state index in [1.165, 1.54) is 0 Å². The number of hydrogen-bond donors (Lipinski definition) is 1. The van der Waals surface area contributed by atoms with Crippen molar-refractivity contribution in [2.75, 3.05) is 30.0 Å². The molecule has 0 aliphatic carbocycles. The Labute approximate surface area is 193 Å². The maximum Gasteiger partial charge on any atom is 0.260 e. The van der Waals surface area contributed by atoms with Crippen LogP contribution in [0.15, 0.2) is 67.3 Å². The molecule has 170 valence electrons. The average molecular weight is 445 g/mol. The van der Waals surface area contributed by atoms with Gasteiger partial charge in [0.25, 0.3) is 5.91 Å². The van der Waals surface area contributed by atoms with Gasteiger partial charge in [-0.2, -0.15) is 0 Å². The molecule has 1 aliphatic heterocycles. The molecule has 0 fully saturated rings. The van der Waals surface area contributed by atoms with Crippen LogP contribution in [0.1, 0.15) is 31.1 Å². The number of nitrogens with zero attached hydrogens (tertiary/aromatic N) is 1. The van der Waals surface area contributed by atoms with Gasteiger partial charge < -0.3 is 19.7 Å². The number of carbonyl (C=O) groups excluding carboxylic acids is 2. The number of rotatable bonds is 6. The lowest BCUT2D eigenvalue weighted by Gasteiger charge is -2.27. The Bertz CT molecular complexity index is 1230. The molecule has 1 N–H and O–H groups in total. The zero-order valence-corrected chi connectivity index (χ0v) is 19.2. The van der Waals surface area contributed by atoms with E-state index in [0.717, 1.165) is 10.8 Å². The van der Waals surface area contributed by atoms with Gasteiger partial charge in [0.05, 0.1) is 23.3 Å². The van der Waals surface area contributed by atoms with E-state index < -0.39 is 5.41 Å². The molecule has 0 aromatic heterocycles. The Balaban J connectivity index is 1.73. The number of fused-ring (bicyclic) bond motifs is 2. The number of nitrogens with one attached hydrogen (secondary N) is 1. The summed E-state index contributed by atoms with van der Waals surface area (Å²) in [6.45, 7) is 10.4. The van der Waals surface area contributed by atoms with Gasteiger partial charge in [-0.25, -0.2) is 0 Å². The van der Waals surface area contributed by atoms with Gasteiger partial charge in [-0.3, -0.25) is 9.59 Å². The van der Waals surface area contributed by atoms with Crippen molar-refractivity contribution in [1.82, 2.24) is 0 Å². The average Bonchev–Trinajstić information content (AvgIpc) is 2.89. The molecule has 3 aromatic rings. The predicted octanol–water partition coefficient (Wildman–Crippen LogP) is 5.43. The Morgan fingerprint density at radius 3 is 2.76 bits per heavy atom. The Morgan fingerprint density at radius 2 is 2.00 bits per heavy atom. The molecule has 33 heavy (non-hydrogen) atoms. The third-order valence-electron chi connectivity index (χ3n) is 5.65. The van der Waals surface area contributed by atoms with E-state index in [-0.39, 0.29) is 18.4 Å². The summed E-state index contributed by atoms with van der Waals surface area (Å²) in [6.07, 6.45) is 1.68. The van der Waals surface area contributed by atoms with E-state index in [9.17, 15) is 9.59 Å². The molecule has 6 heteroatoms. The third-order valence-corrected chi connectivity index (χ3v) is 5.65. The second-order valence-electron chi connectivity index (χ2n) is 8.61. The second kappa shape index (κ2) is 8.98. The van der Waals surface area contributed by atoms with Crippen molar-refractivity contribution in [2.24, 2.45) is 5.41 Å². The van der Waals surface area contributed by atoms with Gasteiger partial charge in [0.2, 0.25) is 5.91 Å². The number of carbonyl (C=O) groups is 2. The molecular weight excluding hydrogens is 416 g/mol. The summed E-state index contributed by atoms with van der Waals surface area (Å²) in [5.74, 6) is 0.773. The van der Waals surface area contributed by atoms with Crippen LogP contribution in [0.5, 0.6) is 11.5 Å². The minimum absolute atomic E-state index is 0.0580.